The zero-order valence-electron chi connectivity index (χ0n) is 14.1. The van der Waals surface area contributed by atoms with Crippen LogP contribution in [0.5, 0.6) is 5.75 Å². The molecule has 15 heteroatoms. The normalized spacial score (nSPS) is 12.0. The third-order valence-corrected chi connectivity index (χ3v) is 4.86. The van der Waals surface area contributed by atoms with Crippen molar-refractivity contribution in [2.75, 3.05) is 5.32 Å². The molecule has 0 unspecified atom stereocenters. The molecule has 1 N–H and O–H groups in total. The van der Waals surface area contributed by atoms with Gasteiger partial charge in [0.2, 0.25) is 5.75 Å². The van der Waals surface area contributed by atoms with E-state index in [9.17, 15) is 36.1 Å². The van der Waals surface area contributed by atoms with Gasteiger partial charge in [-0.25, -0.2) is 14.4 Å². The number of fused-ring (bicyclic) bond motifs is 1. The Bertz CT molecular complexity index is 1270. The van der Waals surface area contributed by atoms with Crippen LogP contribution in [0, 0.1) is 15.9 Å². The van der Waals surface area contributed by atoms with Crippen LogP contribution in [0.4, 0.5) is 34.8 Å². The SMILES string of the molecule is O=[N+]([O-])c1cc2c(Nc3cccc(Cl)c3F)ncnc2cc1OS(=O)(=O)C(F)(F)F. The number of anilines is 2. The summed E-state index contributed by atoms with van der Waals surface area (Å²) < 4.78 is 78.2. The van der Waals surface area contributed by atoms with Crippen molar-refractivity contribution in [1.29, 1.82) is 0 Å². The van der Waals surface area contributed by atoms with Crippen LogP contribution in [0.3, 0.4) is 0 Å². The molecule has 0 fully saturated rings. The van der Waals surface area contributed by atoms with Crippen LogP contribution in [0.15, 0.2) is 36.7 Å². The molecular weight excluding hydrogens is 460 g/mol. The zero-order valence-corrected chi connectivity index (χ0v) is 15.7. The van der Waals surface area contributed by atoms with Crippen molar-refractivity contribution < 1.29 is 35.1 Å². The molecule has 1 aromatic heterocycles. The van der Waals surface area contributed by atoms with E-state index >= 15 is 0 Å². The number of nitrogens with zero attached hydrogens (tertiary/aromatic N) is 3. The fourth-order valence-corrected chi connectivity index (χ4v) is 2.91. The summed E-state index contributed by atoms with van der Waals surface area (Å²) in [6, 6.07) is 5.29. The summed E-state index contributed by atoms with van der Waals surface area (Å²) in [4.78, 5) is 17.7. The van der Waals surface area contributed by atoms with Crippen LogP contribution in [0.2, 0.25) is 5.02 Å². The van der Waals surface area contributed by atoms with Crippen molar-refractivity contribution in [2.45, 2.75) is 5.51 Å². The highest BCUT2D eigenvalue weighted by Gasteiger charge is 2.49. The lowest BCUT2D eigenvalue weighted by molar-refractivity contribution is -0.385. The number of alkyl halides is 3. The quantitative estimate of drug-likeness (QED) is 0.194. The minimum Gasteiger partial charge on any atom is -0.369 e. The van der Waals surface area contributed by atoms with Crippen molar-refractivity contribution >= 4 is 49.8 Å². The summed E-state index contributed by atoms with van der Waals surface area (Å²) >= 11 is 5.68. The molecule has 0 saturated heterocycles. The molecule has 0 atom stereocenters. The number of hydrogen-bond donors (Lipinski definition) is 1. The minimum absolute atomic E-state index is 0.125. The van der Waals surface area contributed by atoms with Crippen LogP contribution in [0.1, 0.15) is 0 Å². The van der Waals surface area contributed by atoms with E-state index in [1.165, 1.54) is 18.2 Å². The van der Waals surface area contributed by atoms with Crippen LogP contribution >= 0.6 is 11.6 Å². The maximum atomic E-state index is 14.1. The van der Waals surface area contributed by atoms with Crippen molar-refractivity contribution in [3.63, 3.8) is 0 Å². The molecule has 158 valence electrons. The Balaban J connectivity index is 2.15. The summed E-state index contributed by atoms with van der Waals surface area (Å²) in [6.07, 6.45) is 0.918. The number of aromatic nitrogens is 2. The summed E-state index contributed by atoms with van der Waals surface area (Å²) in [6.45, 7) is 0. The molecule has 0 amide bonds. The highest BCUT2D eigenvalue weighted by atomic mass is 35.5. The van der Waals surface area contributed by atoms with E-state index in [-0.39, 0.29) is 27.4 Å². The molecule has 0 aliphatic rings. The highest BCUT2D eigenvalue weighted by Crippen LogP contribution is 2.37. The van der Waals surface area contributed by atoms with Crippen molar-refractivity contribution in [2.24, 2.45) is 0 Å². The van der Waals surface area contributed by atoms with E-state index in [0.29, 0.717) is 12.1 Å². The van der Waals surface area contributed by atoms with Crippen LogP contribution < -0.4 is 9.50 Å². The Hall–Kier alpha value is -3.26. The van der Waals surface area contributed by atoms with Gasteiger partial charge in [0.25, 0.3) is 0 Å². The predicted octanol–water partition coefficient (Wildman–Crippen LogP) is 4.30. The first-order valence-corrected chi connectivity index (χ1v) is 9.34. The molecule has 9 nitrogen and oxygen atoms in total. The van der Waals surface area contributed by atoms with Gasteiger partial charge in [0.1, 0.15) is 12.1 Å². The van der Waals surface area contributed by atoms with E-state index in [0.717, 1.165) is 6.33 Å². The van der Waals surface area contributed by atoms with Crippen LogP contribution in [-0.2, 0) is 10.1 Å². The van der Waals surface area contributed by atoms with Crippen LogP contribution in [0.25, 0.3) is 10.9 Å². The van der Waals surface area contributed by atoms with Gasteiger partial charge < -0.3 is 9.50 Å². The summed E-state index contributed by atoms with van der Waals surface area (Å²) in [5.74, 6) is -2.21. The second kappa shape index (κ2) is 7.53. The van der Waals surface area contributed by atoms with Crippen molar-refractivity contribution in [3.05, 3.63) is 57.6 Å². The van der Waals surface area contributed by atoms with Crippen LogP contribution in [-0.4, -0.2) is 28.8 Å². The van der Waals surface area contributed by atoms with E-state index in [2.05, 4.69) is 19.5 Å². The maximum absolute atomic E-state index is 14.1. The number of nitrogens with one attached hydrogen (secondary N) is 1. The number of hydrogen-bond acceptors (Lipinski definition) is 8. The molecule has 30 heavy (non-hydrogen) atoms. The predicted molar refractivity (Wildman–Crippen MR) is 96.5 cm³/mol. The molecule has 3 aromatic rings. The molecule has 0 radical (unpaired) electrons. The molecule has 0 aliphatic carbocycles. The van der Waals surface area contributed by atoms with Gasteiger partial charge in [0.05, 0.1) is 26.5 Å². The fraction of sp³-hybridized carbons (Fsp3) is 0.0667. The number of halogens is 5. The topological polar surface area (TPSA) is 124 Å². The van der Waals surface area contributed by atoms with Gasteiger partial charge in [-0.3, -0.25) is 10.1 Å². The van der Waals surface area contributed by atoms with Gasteiger partial charge in [-0.2, -0.15) is 21.6 Å². The first-order chi connectivity index (χ1) is 13.9. The lowest BCUT2D eigenvalue weighted by Gasteiger charge is -2.12. The average molecular weight is 467 g/mol. The fourth-order valence-electron chi connectivity index (χ4n) is 2.27. The van der Waals surface area contributed by atoms with Gasteiger partial charge in [-0.1, -0.05) is 17.7 Å². The second-order valence-electron chi connectivity index (χ2n) is 5.53. The Labute approximate surface area is 169 Å². The smallest absolute Gasteiger partial charge is 0.369 e. The van der Waals surface area contributed by atoms with E-state index < -0.39 is 37.8 Å². The number of nitro groups is 1. The van der Waals surface area contributed by atoms with E-state index in [4.69, 9.17) is 11.6 Å². The second-order valence-corrected chi connectivity index (χ2v) is 7.47. The highest BCUT2D eigenvalue weighted by molar-refractivity contribution is 7.88. The molecule has 2 aromatic carbocycles. The minimum atomic E-state index is -6.17. The molecule has 0 aliphatic heterocycles. The monoisotopic (exact) mass is 466 g/mol. The number of benzene rings is 2. The first-order valence-electron chi connectivity index (χ1n) is 7.55. The Morgan fingerprint density at radius 1 is 1.20 bits per heavy atom. The largest absolute Gasteiger partial charge is 0.534 e. The molecular formula is C15H7ClF4N4O5S. The number of nitro benzene ring substituents is 1. The van der Waals surface area contributed by atoms with E-state index in [1.807, 2.05) is 0 Å². The van der Waals surface area contributed by atoms with Gasteiger partial charge in [-0.15, -0.1) is 0 Å². The van der Waals surface area contributed by atoms with Gasteiger partial charge in [0.15, 0.2) is 5.82 Å². The molecule has 0 spiro atoms. The average Bonchev–Trinajstić information content (AvgIpc) is 2.63. The van der Waals surface area contributed by atoms with Crippen molar-refractivity contribution in [3.8, 4) is 5.75 Å². The Kier molecular flexibility index (Phi) is 5.38. The third-order valence-electron chi connectivity index (χ3n) is 3.60. The Morgan fingerprint density at radius 2 is 1.90 bits per heavy atom. The zero-order chi connectivity index (χ0) is 22.3. The van der Waals surface area contributed by atoms with Gasteiger partial charge in [-0.05, 0) is 12.1 Å². The molecule has 0 saturated carbocycles. The van der Waals surface area contributed by atoms with Gasteiger partial charge >= 0.3 is 21.3 Å². The van der Waals surface area contributed by atoms with E-state index in [1.54, 1.807) is 0 Å². The maximum Gasteiger partial charge on any atom is 0.534 e. The summed E-state index contributed by atoms with van der Waals surface area (Å²) in [5.41, 5.74) is -7.28. The lowest BCUT2D eigenvalue weighted by atomic mass is 10.2. The summed E-state index contributed by atoms with van der Waals surface area (Å²) in [5, 5.41) is 13.5. The first kappa shape index (κ1) is 21.4. The molecule has 1 heterocycles. The van der Waals surface area contributed by atoms with Crippen molar-refractivity contribution in [1.82, 2.24) is 9.97 Å². The standard InChI is InChI=1S/C15H7ClF4N4O5S/c16-8-2-1-3-9(13(8)17)23-14-7-4-11(24(25)26)12(5-10(7)21-6-22-14)29-30(27,28)15(18,19)20/h1-6H,(H,21,22,23). The Morgan fingerprint density at radius 3 is 2.53 bits per heavy atom. The summed E-state index contributed by atoms with van der Waals surface area (Å²) in [7, 11) is -6.17. The number of rotatable bonds is 5. The molecule has 0 bridgehead atoms. The molecule has 3 rings (SSSR count). The lowest BCUT2D eigenvalue weighted by Crippen LogP contribution is -2.28. The van der Waals surface area contributed by atoms with Gasteiger partial charge in [0, 0.05) is 12.1 Å². The third kappa shape index (κ3) is 4.04.